The van der Waals surface area contributed by atoms with E-state index in [1.807, 2.05) is 0 Å². The highest BCUT2D eigenvalue weighted by Gasteiger charge is 2.41. The molecule has 2 aliphatic rings. The van der Waals surface area contributed by atoms with Crippen LogP contribution in [0.5, 0.6) is 11.5 Å². The first-order chi connectivity index (χ1) is 12.3. The van der Waals surface area contributed by atoms with Crippen molar-refractivity contribution in [3.05, 3.63) is 35.0 Å². The Balaban J connectivity index is 2.13. The minimum Gasteiger partial charge on any atom is -0.459 e. The summed E-state index contributed by atoms with van der Waals surface area (Å²) >= 11 is 0. The van der Waals surface area contributed by atoms with Crippen LogP contribution in [0.3, 0.4) is 0 Å². The molecule has 0 radical (unpaired) electrons. The SMILES string of the molecule is CC(=O)N1C(=O)NC(C)=C(C(=O)OC(C)C)C1c1ccc2c(c1)OCO2. The molecule has 0 bridgehead atoms. The second-order valence-corrected chi connectivity index (χ2v) is 6.33. The van der Waals surface area contributed by atoms with E-state index in [2.05, 4.69) is 5.32 Å². The van der Waals surface area contributed by atoms with Crippen LogP contribution in [0, 0.1) is 0 Å². The largest absolute Gasteiger partial charge is 0.459 e. The topological polar surface area (TPSA) is 94.2 Å². The van der Waals surface area contributed by atoms with E-state index in [0.29, 0.717) is 22.8 Å². The number of rotatable bonds is 3. The van der Waals surface area contributed by atoms with Crippen LogP contribution in [0.4, 0.5) is 4.79 Å². The zero-order valence-electron chi connectivity index (χ0n) is 15.0. The smallest absolute Gasteiger partial charge is 0.338 e. The summed E-state index contributed by atoms with van der Waals surface area (Å²) in [7, 11) is 0. The van der Waals surface area contributed by atoms with Gasteiger partial charge in [-0.2, -0.15) is 0 Å². The van der Waals surface area contributed by atoms with Gasteiger partial charge >= 0.3 is 12.0 Å². The van der Waals surface area contributed by atoms with E-state index in [4.69, 9.17) is 14.2 Å². The highest BCUT2D eigenvalue weighted by molar-refractivity contribution is 6.01. The predicted octanol–water partition coefficient (Wildman–Crippen LogP) is 2.25. The number of urea groups is 1. The lowest BCUT2D eigenvalue weighted by molar-refractivity contribution is -0.143. The quantitative estimate of drug-likeness (QED) is 0.831. The van der Waals surface area contributed by atoms with Gasteiger partial charge in [-0.3, -0.25) is 9.69 Å². The Morgan fingerprint density at radius 3 is 2.62 bits per heavy atom. The van der Waals surface area contributed by atoms with Crippen molar-refractivity contribution in [3.8, 4) is 11.5 Å². The van der Waals surface area contributed by atoms with Crippen molar-refractivity contribution in [2.45, 2.75) is 39.8 Å². The third kappa shape index (κ3) is 3.10. The molecule has 0 aromatic heterocycles. The summed E-state index contributed by atoms with van der Waals surface area (Å²) in [5.74, 6) is -0.0273. The number of carbonyl (C=O) groups is 3. The molecule has 3 rings (SSSR count). The van der Waals surface area contributed by atoms with Crippen LogP contribution < -0.4 is 14.8 Å². The zero-order chi connectivity index (χ0) is 19.0. The Labute approximate surface area is 150 Å². The number of allylic oxidation sites excluding steroid dienone is 1. The number of ether oxygens (including phenoxy) is 3. The van der Waals surface area contributed by atoms with Crippen molar-refractivity contribution < 1.29 is 28.6 Å². The van der Waals surface area contributed by atoms with E-state index in [-0.39, 0.29) is 18.5 Å². The molecule has 1 aromatic carbocycles. The maximum absolute atomic E-state index is 12.7. The van der Waals surface area contributed by atoms with Crippen LogP contribution in [0.15, 0.2) is 29.5 Å². The molecular formula is C18H20N2O6. The van der Waals surface area contributed by atoms with Gasteiger partial charge in [-0.15, -0.1) is 0 Å². The maximum Gasteiger partial charge on any atom is 0.338 e. The third-order valence-electron chi connectivity index (χ3n) is 4.06. The molecule has 1 unspecified atom stereocenters. The molecule has 8 heteroatoms. The van der Waals surface area contributed by atoms with Crippen molar-refractivity contribution in [3.63, 3.8) is 0 Å². The van der Waals surface area contributed by atoms with E-state index in [0.717, 1.165) is 4.90 Å². The molecule has 26 heavy (non-hydrogen) atoms. The second-order valence-electron chi connectivity index (χ2n) is 6.33. The van der Waals surface area contributed by atoms with Crippen LogP contribution in [0.25, 0.3) is 0 Å². The Morgan fingerprint density at radius 1 is 1.27 bits per heavy atom. The molecule has 3 amide bonds. The van der Waals surface area contributed by atoms with Crippen LogP contribution >= 0.6 is 0 Å². The summed E-state index contributed by atoms with van der Waals surface area (Å²) in [6.07, 6.45) is -0.344. The maximum atomic E-state index is 12.7. The van der Waals surface area contributed by atoms with Gasteiger partial charge in [-0.05, 0) is 38.5 Å². The number of imide groups is 1. The fourth-order valence-electron chi connectivity index (χ4n) is 3.01. The average molecular weight is 360 g/mol. The first-order valence-corrected chi connectivity index (χ1v) is 8.21. The Kier molecular flexibility index (Phi) is 4.58. The molecule has 0 fully saturated rings. The minimum absolute atomic E-state index is 0.0947. The number of hydrogen-bond acceptors (Lipinski definition) is 6. The summed E-state index contributed by atoms with van der Waals surface area (Å²) in [5.41, 5.74) is 1.10. The Hall–Kier alpha value is -3.03. The van der Waals surface area contributed by atoms with Crippen LogP contribution in [0.2, 0.25) is 0 Å². The van der Waals surface area contributed by atoms with E-state index >= 15 is 0 Å². The molecule has 0 spiro atoms. The van der Waals surface area contributed by atoms with Crippen LogP contribution in [0.1, 0.15) is 39.3 Å². The van der Waals surface area contributed by atoms with Crippen molar-refractivity contribution in [1.29, 1.82) is 0 Å². The number of hydrogen-bond donors (Lipinski definition) is 1. The molecule has 1 N–H and O–H groups in total. The van der Waals surface area contributed by atoms with Gasteiger partial charge in [-0.25, -0.2) is 9.59 Å². The fraction of sp³-hybridized carbons (Fsp3) is 0.389. The second kappa shape index (κ2) is 6.70. The standard InChI is InChI=1S/C18H20N2O6/c1-9(2)26-17(22)15-10(3)19-18(23)20(11(4)21)16(15)12-5-6-13-14(7-12)25-8-24-13/h5-7,9,16H,8H2,1-4H3,(H,19,23). The number of amides is 3. The molecule has 0 saturated heterocycles. The van der Waals surface area contributed by atoms with Crippen LogP contribution in [-0.2, 0) is 14.3 Å². The number of carbonyl (C=O) groups excluding carboxylic acids is 3. The Morgan fingerprint density at radius 2 is 1.96 bits per heavy atom. The minimum atomic E-state index is -0.915. The van der Waals surface area contributed by atoms with Crippen molar-refractivity contribution in [2.24, 2.45) is 0 Å². The molecule has 0 aliphatic carbocycles. The third-order valence-corrected chi connectivity index (χ3v) is 4.06. The van der Waals surface area contributed by atoms with Crippen LogP contribution in [-0.4, -0.2) is 35.7 Å². The highest BCUT2D eigenvalue weighted by Crippen LogP contribution is 2.40. The number of benzene rings is 1. The van der Waals surface area contributed by atoms with Gasteiger partial charge in [0.25, 0.3) is 0 Å². The van der Waals surface area contributed by atoms with Crippen molar-refractivity contribution in [2.75, 3.05) is 6.79 Å². The van der Waals surface area contributed by atoms with Crippen molar-refractivity contribution in [1.82, 2.24) is 10.2 Å². The zero-order valence-corrected chi connectivity index (χ0v) is 15.0. The summed E-state index contributed by atoms with van der Waals surface area (Å²) in [6, 6.07) is 3.53. The molecule has 2 heterocycles. The molecule has 138 valence electrons. The molecular weight excluding hydrogens is 340 g/mol. The predicted molar refractivity (Wildman–Crippen MR) is 90.3 cm³/mol. The normalized spacial score (nSPS) is 18.9. The van der Waals surface area contributed by atoms with E-state index in [1.54, 1.807) is 39.0 Å². The number of nitrogens with one attached hydrogen (secondary N) is 1. The fourth-order valence-corrected chi connectivity index (χ4v) is 3.01. The van der Waals surface area contributed by atoms with Gasteiger partial charge in [-0.1, -0.05) is 6.07 Å². The number of fused-ring (bicyclic) bond motifs is 1. The van der Waals surface area contributed by atoms with Gasteiger partial charge in [0.05, 0.1) is 11.7 Å². The summed E-state index contributed by atoms with van der Waals surface area (Å²) in [4.78, 5) is 38.3. The Bertz CT molecular complexity index is 814. The van der Waals surface area contributed by atoms with Crippen molar-refractivity contribution >= 4 is 17.9 Å². The van der Waals surface area contributed by atoms with E-state index in [9.17, 15) is 14.4 Å². The van der Waals surface area contributed by atoms with Gasteiger partial charge < -0.3 is 19.5 Å². The van der Waals surface area contributed by atoms with Gasteiger partial charge in [0.2, 0.25) is 12.7 Å². The van der Waals surface area contributed by atoms with Gasteiger partial charge in [0.15, 0.2) is 11.5 Å². The van der Waals surface area contributed by atoms with Gasteiger partial charge in [0, 0.05) is 12.6 Å². The lowest BCUT2D eigenvalue weighted by Crippen LogP contribution is -2.50. The average Bonchev–Trinajstić information content (AvgIpc) is 3.00. The summed E-state index contributed by atoms with van der Waals surface area (Å²) < 4.78 is 16.0. The lowest BCUT2D eigenvalue weighted by Gasteiger charge is -2.36. The molecule has 1 aromatic rings. The lowest BCUT2D eigenvalue weighted by atomic mass is 9.93. The molecule has 1 atom stereocenters. The molecule has 8 nitrogen and oxygen atoms in total. The first kappa shape index (κ1) is 17.8. The molecule has 0 saturated carbocycles. The van der Waals surface area contributed by atoms with Gasteiger partial charge in [0.1, 0.15) is 6.04 Å². The highest BCUT2D eigenvalue weighted by atomic mass is 16.7. The molecule has 2 aliphatic heterocycles. The summed E-state index contributed by atoms with van der Waals surface area (Å²) in [5, 5.41) is 2.56. The summed E-state index contributed by atoms with van der Waals surface area (Å²) in [6.45, 7) is 6.43. The number of esters is 1. The monoisotopic (exact) mass is 360 g/mol. The number of nitrogens with zero attached hydrogens (tertiary/aromatic N) is 1. The van der Waals surface area contributed by atoms with E-state index < -0.39 is 23.9 Å². The van der Waals surface area contributed by atoms with E-state index in [1.165, 1.54) is 6.92 Å². The first-order valence-electron chi connectivity index (χ1n) is 8.21.